The lowest BCUT2D eigenvalue weighted by Gasteiger charge is -2.16. The van der Waals surface area contributed by atoms with Crippen LogP contribution in [0.5, 0.6) is 5.75 Å². The molecule has 1 aliphatic rings. The Morgan fingerprint density at radius 3 is 2.57 bits per heavy atom. The zero-order valence-corrected chi connectivity index (χ0v) is 12.9. The van der Waals surface area contributed by atoms with E-state index in [-0.39, 0.29) is 17.7 Å². The van der Waals surface area contributed by atoms with Crippen LogP contribution in [-0.4, -0.2) is 27.8 Å². The molecule has 0 fully saturated rings. The lowest BCUT2D eigenvalue weighted by Crippen LogP contribution is -2.29. The summed E-state index contributed by atoms with van der Waals surface area (Å²) in [6.07, 6.45) is 4.55. The average Bonchev–Trinajstić information content (AvgIpc) is 2.99. The van der Waals surface area contributed by atoms with Crippen molar-refractivity contribution in [3.05, 3.63) is 71.8 Å². The van der Waals surface area contributed by atoms with E-state index in [9.17, 15) is 9.90 Å². The van der Waals surface area contributed by atoms with E-state index < -0.39 is 0 Å². The molecule has 0 aromatic heterocycles. The number of phenolic OH excluding ortho intramolecular Hbond substituents is 1. The highest BCUT2D eigenvalue weighted by molar-refractivity contribution is 6.05. The molecule has 1 heterocycles. The van der Waals surface area contributed by atoms with Gasteiger partial charge in [-0.15, -0.1) is 0 Å². The summed E-state index contributed by atoms with van der Waals surface area (Å²) in [5.41, 5.74) is 2.47. The first-order chi connectivity index (χ1) is 11.1. The number of para-hydroxylation sites is 1. The van der Waals surface area contributed by atoms with Gasteiger partial charge in [0, 0.05) is 18.9 Å². The lowest BCUT2D eigenvalue weighted by molar-refractivity contribution is -0.129. The summed E-state index contributed by atoms with van der Waals surface area (Å²) < 4.78 is 0. The maximum atomic E-state index is 11.9. The summed E-state index contributed by atoms with van der Waals surface area (Å²) in [5.74, 6) is 0.0700. The topological polar surface area (TPSA) is 52.9 Å². The number of benzene rings is 2. The number of aromatic hydroxyl groups is 1. The minimum Gasteiger partial charge on any atom is -0.507 e. The first-order valence-corrected chi connectivity index (χ1v) is 7.54. The summed E-state index contributed by atoms with van der Waals surface area (Å²) in [7, 11) is 0. The molecule has 0 aliphatic carbocycles. The first-order valence-electron chi connectivity index (χ1n) is 7.54. The van der Waals surface area contributed by atoms with Gasteiger partial charge in [-0.3, -0.25) is 4.79 Å². The van der Waals surface area contributed by atoms with E-state index in [0.29, 0.717) is 12.0 Å². The average molecular weight is 306 g/mol. The highest BCUT2D eigenvalue weighted by atomic mass is 16.3. The number of carbonyl (C=O) groups excluding carboxylic acids is 1. The molecule has 1 atom stereocenters. The molecule has 2 aromatic rings. The Hall–Kier alpha value is -2.88. The molecule has 116 valence electrons. The standard InChI is InChI=1S/C19H18N2O2/c1-14(22)21-16(12-11-15-7-3-2-4-8-15)13-18(20-21)17-9-5-6-10-19(17)23/h2-12,16,23H,13H2,1H3/b12-11+/t16-/m0/s1. The van der Waals surface area contributed by atoms with E-state index in [0.717, 1.165) is 11.3 Å². The highest BCUT2D eigenvalue weighted by Gasteiger charge is 2.29. The van der Waals surface area contributed by atoms with Crippen LogP contribution in [0.1, 0.15) is 24.5 Å². The van der Waals surface area contributed by atoms with Gasteiger partial charge in [0.05, 0.1) is 11.8 Å². The van der Waals surface area contributed by atoms with Crippen molar-refractivity contribution in [3.8, 4) is 5.75 Å². The van der Waals surface area contributed by atoms with Crippen LogP contribution in [0.3, 0.4) is 0 Å². The second kappa shape index (κ2) is 6.48. The third-order valence-corrected chi connectivity index (χ3v) is 3.79. The molecule has 0 bridgehead atoms. The van der Waals surface area contributed by atoms with Gasteiger partial charge in [-0.05, 0) is 17.7 Å². The van der Waals surface area contributed by atoms with Gasteiger partial charge in [0.1, 0.15) is 5.75 Å². The summed E-state index contributed by atoms with van der Waals surface area (Å²) >= 11 is 0. The molecular weight excluding hydrogens is 288 g/mol. The Morgan fingerprint density at radius 2 is 1.87 bits per heavy atom. The molecular formula is C19H18N2O2. The fourth-order valence-corrected chi connectivity index (χ4v) is 2.65. The van der Waals surface area contributed by atoms with Crippen LogP contribution in [0.25, 0.3) is 6.08 Å². The summed E-state index contributed by atoms with van der Waals surface area (Å²) in [6.45, 7) is 1.50. The Balaban J connectivity index is 1.85. The summed E-state index contributed by atoms with van der Waals surface area (Å²) in [4.78, 5) is 11.9. The largest absolute Gasteiger partial charge is 0.507 e. The Bertz CT molecular complexity index is 766. The van der Waals surface area contributed by atoms with Crippen molar-refractivity contribution in [2.75, 3.05) is 0 Å². The van der Waals surface area contributed by atoms with Crippen molar-refractivity contribution < 1.29 is 9.90 Å². The SMILES string of the molecule is CC(=O)N1N=C(c2ccccc2O)C[C@@H]1/C=C/c1ccccc1. The van der Waals surface area contributed by atoms with Gasteiger partial charge in [0.15, 0.2) is 0 Å². The third-order valence-electron chi connectivity index (χ3n) is 3.79. The van der Waals surface area contributed by atoms with E-state index in [1.165, 1.54) is 11.9 Å². The summed E-state index contributed by atoms with van der Waals surface area (Å²) in [6, 6.07) is 16.9. The van der Waals surface area contributed by atoms with E-state index in [1.54, 1.807) is 12.1 Å². The number of hydrazone groups is 1. The highest BCUT2D eigenvalue weighted by Crippen LogP contribution is 2.26. The van der Waals surface area contributed by atoms with Crippen LogP contribution in [0.4, 0.5) is 0 Å². The zero-order chi connectivity index (χ0) is 16.2. The van der Waals surface area contributed by atoms with Crippen LogP contribution >= 0.6 is 0 Å². The molecule has 0 spiro atoms. The maximum absolute atomic E-state index is 11.9. The molecule has 4 heteroatoms. The van der Waals surface area contributed by atoms with E-state index in [1.807, 2.05) is 54.6 Å². The van der Waals surface area contributed by atoms with Crippen molar-refractivity contribution in [3.63, 3.8) is 0 Å². The van der Waals surface area contributed by atoms with E-state index >= 15 is 0 Å². The molecule has 1 aliphatic heterocycles. The molecule has 0 saturated heterocycles. The second-order valence-corrected chi connectivity index (χ2v) is 5.47. The van der Waals surface area contributed by atoms with Crippen LogP contribution < -0.4 is 0 Å². The minimum atomic E-state index is -0.137. The molecule has 1 amide bonds. The van der Waals surface area contributed by atoms with Gasteiger partial charge in [-0.1, -0.05) is 54.6 Å². The molecule has 0 saturated carbocycles. The molecule has 4 nitrogen and oxygen atoms in total. The molecule has 0 unspecified atom stereocenters. The van der Waals surface area contributed by atoms with Crippen LogP contribution in [0.15, 0.2) is 65.8 Å². The number of amides is 1. The smallest absolute Gasteiger partial charge is 0.240 e. The normalized spacial score (nSPS) is 17.5. The van der Waals surface area contributed by atoms with Crippen molar-refractivity contribution in [1.82, 2.24) is 5.01 Å². The zero-order valence-electron chi connectivity index (χ0n) is 12.9. The van der Waals surface area contributed by atoms with Gasteiger partial charge in [-0.25, -0.2) is 5.01 Å². The van der Waals surface area contributed by atoms with Crippen molar-refractivity contribution in [2.45, 2.75) is 19.4 Å². The number of nitrogens with zero attached hydrogens (tertiary/aromatic N) is 2. The van der Waals surface area contributed by atoms with Crippen LogP contribution in [-0.2, 0) is 4.79 Å². The van der Waals surface area contributed by atoms with E-state index in [2.05, 4.69) is 5.10 Å². The maximum Gasteiger partial charge on any atom is 0.240 e. The molecule has 3 rings (SSSR count). The number of rotatable bonds is 3. The number of phenols is 1. The monoisotopic (exact) mass is 306 g/mol. The minimum absolute atomic E-state index is 0.113. The van der Waals surface area contributed by atoms with Gasteiger partial charge in [-0.2, -0.15) is 5.10 Å². The third kappa shape index (κ3) is 3.31. The molecule has 0 radical (unpaired) electrons. The van der Waals surface area contributed by atoms with Crippen LogP contribution in [0, 0.1) is 0 Å². The molecule has 1 N–H and O–H groups in total. The molecule has 23 heavy (non-hydrogen) atoms. The summed E-state index contributed by atoms with van der Waals surface area (Å²) in [5, 5.41) is 15.9. The van der Waals surface area contributed by atoms with E-state index in [4.69, 9.17) is 0 Å². The fourth-order valence-electron chi connectivity index (χ4n) is 2.65. The van der Waals surface area contributed by atoms with Gasteiger partial charge in [0.2, 0.25) is 5.91 Å². The van der Waals surface area contributed by atoms with Crippen molar-refractivity contribution in [1.29, 1.82) is 0 Å². The van der Waals surface area contributed by atoms with Crippen molar-refractivity contribution >= 4 is 17.7 Å². The quantitative estimate of drug-likeness (QED) is 0.944. The predicted octanol–water partition coefficient (Wildman–Crippen LogP) is 3.43. The lowest BCUT2D eigenvalue weighted by atomic mass is 10.0. The predicted molar refractivity (Wildman–Crippen MR) is 91.0 cm³/mol. The Morgan fingerprint density at radius 1 is 1.17 bits per heavy atom. The van der Waals surface area contributed by atoms with Gasteiger partial charge < -0.3 is 5.11 Å². The fraction of sp³-hybridized carbons (Fsp3) is 0.158. The van der Waals surface area contributed by atoms with Crippen molar-refractivity contribution in [2.24, 2.45) is 5.10 Å². The number of hydrogen-bond acceptors (Lipinski definition) is 3. The van der Waals surface area contributed by atoms with Gasteiger partial charge in [0.25, 0.3) is 0 Å². The number of carbonyl (C=O) groups is 1. The first kappa shape index (κ1) is 15.0. The van der Waals surface area contributed by atoms with Crippen LogP contribution in [0.2, 0.25) is 0 Å². The Kier molecular flexibility index (Phi) is 4.24. The van der Waals surface area contributed by atoms with Gasteiger partial charge >= 0.3 is 0 Å². The number of hydrogen-bond donors (Lipinski definition) is 1. The molecule has 2 aromatic carbocycles. The Labute approximate surface area is 135 Å². The second-order valence-electron chi connectivity index (χ2n) is 5.47.